The highest BCUT2D eigenvalue weighted by atomic mass is 16.2. The lowest BCUT2D eigenvalue weighted by molar-refractivity contribution is 0.0882. The molecule has 2 rings (SSSR count). The monoisotopic (exact) mass is 165 g/mol. The van der Waals surface area contributed by atoms with Gasteiger partial charge >= 0.3 is 0 Å². The molecule has 1 amide bonds. The Balaban J connectivity index is 2.49. The van der Waals surface area contributed by atoms with Crippen LogP contribution in [0.15, 0.2) is 12.3 Å². The van der Waals surface area contributed by atoms with Crippen LogP contribution in [0.4, 0.5) is 0 Å². The van der Waals surface area contributed by atoms with Crippen LogP contribution in [-0.4, -0.2) is 21.7 Å². The summed E-state index contributed by atoms with van der Waals surface area (Å²) >= 11 is 0. The third-order valence-corrected chi connectivity index (χ3v) is 2.37. The maximum absolute atomic E-state index is 11.3. The molecule has 1 aliphatic rings. The highest BCUT2D eigenvalue weighted by Gasteiger charge is 2.27. The first-order valence-corrected chi connectivity index (χ1v) is 4.04. The molecular formula is C8H11N3O. The van der Waals surface area contributed by atoms with E-state index in [4.69, 9.17) is 0 Å². The maximum atomic E-state index is 11.3. The molecular weight excluding hydrogens is 154 g/mol. The van der Waals surface area contributed by atoms with Crippen LogP contribution < -0.4 is 5.32 Å². The van der Waals surface area contributed by atoms with Crippen LogP contribution in [0.3, 0.4) is 0 Å². The predicted octanol–water partition coefficient (Wildman–Crippen LogP) is 0.576. The lowest BCUT2D eigenvalue weighted by Crippen LogP contribution is -2.45. The molecule has 0 aliphatic carbocycles. The van der Waals surface area contributed by atoms with Crippen LogP contribution >= 0.6 is 0 Å². The van der Waals surface area contributed by atoms with Crippen LogP contribution in [0.1, 0.15) is 30.4 Å². The molecule has 64 valence electrons. The number of amides is 1. The molecule has 1 aliphatic heterocycles. The normalized spacial score (nSPS) is 28.0. The fourth-order valence-corrected chi connectivity index (χ4v) is 1.43. The summed E-state index contributed by atoms with van der Waals surface area (Å²) in [5.74, 6) is -0.0295. The van der Waals surface area contributed by atoms with Crippen molar-refractivity contribution in [2.75, 3.05) is 0 Å². The number of rotatable bonds is 0. The number of hydrogen-bond donors (Lipinski definition) is 1. The van der Waals surface area contributed by atoms with Crippen molar-refractivity contribution in [2.45, 2.75) is 25.9 Å². The van der Waals surface area contributed by atoms with Crippen molar-refractivity contribution in [3.05, 3.63) is 18.0 Å². The number of aromatic nitrogens is 2. The van der Waals surface area contributed by atoms with Crippen molar-refractivity contribution >= 4 is 5.91 Å². The molecule has 0 bridgehead atoms. The van der Waals surface area contributed by atoms with Crippen molar-refractivity contribution in [1.82, 2.24) is 15.1 Å². The van der Waals surface area contributed by atoms with Gasteiger partial charge in [-0.25, -0.2) is 0 Å². The second-order valence-electron chi connectivity index (χ2n) is 3.16. The average molecular weight is 165 g/mol. The Bertz CT molecular complexity index is 318. The van der Waals surface area contributed by atoms with Gasteiger partial charge in [0.25, 0.3) is 5.91 Å². The van der Waals surface area contributed by atoms with E-state index in [0.717, 1.165) is 0 Å². The Labute approximate surface area is 70.6 Å². The van der Waals surface area contributed by atoms with Crippen LogP contribution in [0.25, 0.3) is 0 Å². The lowest BCUT2D eigenvalue weighted by atomic mass is 10.1. The molecule has 0 aromatic carbocycles. The first-order chi connectivity index (χ1) is 5.70. The standard InChI is InChI=1S/C8H11N3O/c1-5-6(2)11-7(3-4-9-11)8(12)10-5/h3-6H,1-2H3,(H,10,12)/t5-,6-/m0/s1. The van der Waals surface area contributed by atoms with Crippen LogP contribution in [0, 0.1) is 0 Å². The van der Waals surface area contributed by atoms with Gasteiger partial charge in [-0.3, -0.25) is 9.48 Å². The highest BCUT2D eigenvalue weighted by molar-refractivity contribution is 5.93. The van der Waals surface area contributed by atoms with E-state index in [9.17, 15) is 4.79 Å². The Morgan fingerprint density at radius 1 is 1.58 bits per heavy atom. The Morgan fingerprint density at radius 2 is 2.33 bits per heavy atom. The zero-order chi connectivity index (χ0) is 8.72. The summed E-state index contributed by atoms with van der Waals surface area (Å²) in [5, 5.41) is 6.97. The number of carbonyl (C=O) groups is 1. The second kappa shape index (κ2) is 2.33. The lowest BCUT2D eigenvalue weighted by Gasteiger charge is -2.27. The van der Waals surface area contributed by atoms with Gasteiger partial charge in [0.05, 0.1) is 6.04 Å². The number of hydrogen-bond acceptors (Lipinski definition) is 2. The SMILES string of the molecule is C[C@@H]1NC(=O)c2ccnn2[C@H]1C. The van der Waals surface area contributed by atoms with Gasteiger partial charge in [-0.2, -0.15) is 5.10 Å². The van der Waals surface area contributed by atoms with Gasteiger partial charge in [-0.15, -0.1) is 0 Å². The zero-order valence-corrected chi connectivity index (χ0v) is 7.11. The summed E-state index contributed by atoms with van der Waals surface area (Å²) in [4.78, 5) is 11.3. The number of carbonyl (C=O) groups excluding carboxylic acids is 1. The van der Waals surface area contributed by atoms with Crippen LogP contribution in [0.2, 0.25) is 0 Å². The van der Waals surface area contributed by atoms with E-state index < -0.39 is 0 Å². The van der Waals surface area contributed by atoms with Crippen molar-refractivity contribution < 1.29 is 4.79 Å². The first kappa shape index (κ1) is 7.34. The van der Waals surface area contributed by atoms with E-state index in [-0.39, 0.29) is 18.0 Å². The fraction of sp³-hybridized carbons (Fsp3) is 0.500. The van der Waals surface area contributed by atoms with Crippen LogP contribution in [-0.2, 0) is 0 Å². The minimum absolute atomic E-state index is 0.0295. The molecule has 12 heavy (non-hydrogen) atoms. The van der Waals surface area contributed by atoms with E-state index in [1.807, 2.05) is 13.8 Å². The minimum atomic E-state index is -0.0295. The van der Waals surface area contributed by atoms with E-state index in [1.54, 1.807) is 16.9 Å². The Morgan fingerprint density at radius 3 is 3.08 bits per heavy atom. The third-order valence-electron chi connectivity index (χ3n) is 2.37. The van der Waals surface area contributed by atoms with Gasteiger partial charge in [0.15, 0.2) is 0 Å². The molecule has 2 atom stereocenters. The quantitative estimate of drug-likeness (QED) is 0.611. The summed E-state index contributed by atoms with van der Waals surface area (Å²) in [6, 6.07) is 2.13. The summed E-state index contributed by atoms with van der Waals surface area (Å²) in [6.45, 7) is 4.02. The van der Waals surface area contributed by atoms with Crippen molar-refractivity contribution in [3.8, 4) is 0 Å². The minimum Gasteiger partial charge on any atom is -0.346 e. The molecule has 1 aromatic rings. The van der Waals surface area contributed by atoms with Gasteiger partial charge in [-0.1, -0.05) is 0 Å². The summed E-state index contributed by atoms with van der Waals surface area (Å²) in [5.41, 5.74) is 0.653. The third kappa shape index (κ3) is 0.841. The maximum Gasteiger partial charge on any atom is 0.269 e. The number of fused-ring (bicyclic) bond motifs is 1. The second-order valence-corrected chi connectivity index (χ2v) is 3.16. The summed E-state index contributed by atoms with van der Waals surface area (Å²) in [7, 11) is 0. The largest absolute Gasteiger partial charge is 0.346 e. The van der Waals surface area contributed by atoms with Gasteiger partial charge in [0.2, 0.25) is 0 Å². The fourth-order valence-electron chi connectivity index (χ4n) is 1.43. The molecule has 2 heterocycles. The molecule has 0 saturated carbocycles. The van der Waals surface area contributed by atoms with Crippen molar-refractivity contribution in [1.29, 1.82) is 0 Å². The molecule has 0 radical (unpaired) electrons. The Hall–Kier alpha value is -1.32. The predicted molar refractivity (Wildman–Crippen MR) is 43.9 cm³/mol. The molecule has 1 aromatic heterocycles. The van der Waals surface area contributed by atoms with Crippen LogP contribution in [0.5, 0.6) is 0 Å². The van der Waals surface area contributed by atoms with Gasteiger partial charge in [-0.05, 0) is 19.9 Å². The molecule has 4 heteroatoms. The molecule has 4 nitrogen and oxygen atoms in total. The van der Waals surface area contributed by atoms with Crippen molar-refractivity contribution in [2.24, 2.45) is 0 Å². The van der Waals surface area contributed by atoms with E-state index in [1.165, 1.54) is 0 Å². The number of nitrogens with zero attached hydrogens (tertiary/aromatic N) is 2. The average Bonchev–Trinajstić information content (AvgIpc) is 2.48. The zero-order valence-electron chi connectivity index (χ0n) is 7.11. The molecule has 1 N–H and O–H groups in total. The van der Waals surface area contributed by atoms with E-state index in [0.29, 0.717) is 5.69 Å². The van der Waals surface area contributed by atoms with Gasteiger partial charge < -0.3 is 5.32 Å². The van der Waals surface area contributed by atoms with Crippen molar-refractivity contribution in [3.63, 3.8) is 0 Å². The topological polar surface area (TPSA) is 46.9 Å². The van der Waals surface area contributed by atoms with Gasteiger partial charge in [0.1, 0.15) is 5.69 Å². The molecule has 0 spiro atoms. The summed E-state index contributed by atoms with van der Waals surface area (Å²) in [6.07, 6.45) is 1.66. The van der Waals surface area contributed by atoms with E-state index in [2.05, 4.69) is 10.4 Å². The molecule has 0 unspecified atom stereocenters. The first-order valence-electron chi connectivity index (χ1n) is 4.04. The van der Waals surface area contributed by atoms with Gasteiger partial charge in [0, 0.05) is 12.2 Å². The smallest absolute Gasteiger partial charge is 0.269 e. The Kier molecular flexibility index (Phi) is 1.43. The summed E-state index contributed by atoms with van der Waals surface area (Å²) < 4.78 is 1.77. The number of nitrogens with one attached hydrogen (secondary N) is 1. The highest BCUT2D eigenvalue weighted by Crippen LogP contribution is 2.17. The van der Waals surface area contributed by atoms with E-state index >= 15 is 0 Å². The molecule has 0 fully saturated rings. The molecule has 0 saturated heterocycles.